The van der Waals surface area contributed by atoms with Gasteiger partial charge >= 0.3 is 0 Å². The van der Waals surface area contributed by atoms with Gasteiger partial charge in [0, 0.05) is 13.0 Å². The van der Waals surface area contributed by atoms with Crippen molar-refractivity contribution in [1.29, 1.82) is 0 Å². The molecule has 0 spiro atoms. The first-order valence-electron chi connectivity index (χ1n) is 6.13. The van der Waals surface area contributed by atoms with Crippen molar-refractivity contribution < 1.29 is 9.18 Å². The van der Waals surface area contributed by atoms with Crippen LogP contribution in [-0.2, 0) is 12.8 Å². The molecule has 19 heavy (non-hydrogen) atoms. The van der Waals surface area contributed by atoms with Crippen molar-refractivity contribution in [2.24, 2.45) is 0 Å². The summed E-state index contributed by atoms with van der Waals surface area (Å²) in [5.41, 5.74) is 0.838. The molecule has 100 valence electrons. The number of amides is 1. The average Bonchev–Trinajstić information content (AvgIpc) is 2.87. The van der Waals surface area contributed by atoms with Gasteiger partial charge in [0.2, 0.25) is 5.82 Å². The van der Waals surface area contributed by atoms with E-state index in [9.17, 15) is 9.18 Å². The molecule has 0 atom stereocenters. The van der Waals surface area contributed by atoms with Crippen molar-refractivity contribution in [1.82, 2.24) is 20.5 Å². The van der Waals surface area contributed by atoms with Crippen LogP contribution in [0.15, 0.2) is 24.3 Å². The largest absolute Gasteiger partial charge is 0.349 e. The molecule has 1 amide bonds. The zero-order valence-corrected chi connectivity index (χ0v) is 10.6. The summed E-state index contributed by atoms with van der Waals surface area (Å²) in [4.78, 5) is 15.7. The summed E-state index contributed by atoms with van der Waals surface area (Å²) in [6.07, 6.45) is 1.26. The lowest BCUT2D eigenvalue weighted by Crippen LogP contribution is -2.26. The van der Waals surface area contributed by atoms with Gasteiger partial charge in [0.1, 0.15) is 11.6 Å². The maximum atomic E-state index is 12.9. The fraction of sp³-hybridized carbons (Fsp3) is 0.308. The Labute approximate surface area is 110 Å². The third kappa shape index (κ3) is 3.61. The van der Waals surface area contributed by atoms with E-state index in [-0.39, 0.29) is 17.5 Å². The predicted octanol–water partition coefficient (Wildman–Crippen LogP) is 1.48. The average molecular weight is 262 g/mol. The van der Waals surface area contributed by atoms with Gasteiger partial charge < -0.3 is 5.32 Å². The third-order valence-corrected chi connectivity index (χ3v) is 2.66. The Morgan fingerprint density at radius 1 is 1.47 bits per heavy atom. The number of halogens is 1. The van der Waals surface area contributed by atoms with E-state index in [2.05, 4.69) is 20.5 Å². The molecule has 0 unspecified atom stereocenters. The van der Waals surface area contributed by atoms with Crippen molar-refractivity contribution in [2.75, 3.05) is 6.54 Å². The quantitative estimate of drug-likeness (QED) is 0.857. The number of aromatic nitrogens is 3. The van der Waals surface area contributed by atoms with Crippen LogP contribution in [-0.4, -0.2) is 27.6 Å². The number of H-pyrrole nitrogens is 1. The van der Waals surface area contributed by atoms with Crippen LogP contribution >= 0.6 is 0 Å². The van der Waals surface area contributed by atoms with Gasteiger partial charge in [-0.2, -0.15) is 0 Å². The van der Waals surface area contributed by atoms with E-state index in [0.717, 1.165) is 5.56 Å². The molecule has 0 saturated heterocycles. The highest BCUT2D eigenvalue weighted by atomic mass is 19.1. The summed E-state index contributed by atoms with van der Waals surface area (Å²) in [5.74, 6) is 0.212. The molecule has 0 saturated carbocycles. The normalized spacial score (nSPS) is 10.4. The van der Waals surface area contributed by atoms with Crippen molar-refractivity contribution in [3.8, 4) is 0 Å². The second-order valence-corrected chi connectivity index (χ2v) is 4.10. The third-order valence-electron chi connectivity index (χ3n) is 2.66. The summed E-state index contributed by atoms with van der Waals surface area (Å²) >= 11 is 0. The van der Waals surface area contributed by atoms with Gasteiger partial charge in [0.25, 0.3) is 5.91 Å². The van der Waals surface area contributed by atoms with Gasteiger partial charge in [-0.15, -0.1) is 5.10 Å². The molecule has 2 N–H and O–H groups in total. The molecule has 0 radical (unpaired) electrons. The van der Waals surface area contributed by atoms with Gasteiger partial charge in [-0.3, -0.25) is 9.89 Å². The van der Waals surface area contributed by atoms with Gasteiger partial charge in [0.05, 0.1) is 0 Å². The number of nitrogens with one attached hydrogen (secondary N) is 2. The van der Waals surface area contributed by atoms with E-state index >= 15 is 0 Å². The predicted molar refractivity (Wildman–Crippen MR) is 68.2 cm³/mol. The molecule has 2 aromatic rings. The SMILES string of the molecule is CCc1nc(C(=O)NCCc2cccc(F)c2)n[nH]1. The topological polar surface area (TPSA) is 70.7 Å². The fourth-order valence-electron chi connectivity index (χ4n) is 1.65. The number of rotatable bonds is 5. The Morgan fingerprint density at radius 2 is 2.32 bits per heavy atom. The Morgan fingerprint density at radius 3 is 3.00 bits per heavy atom. The first-order valence-corrected chi connectivity index (χ1v) is 6.13. The minimum Gasteiger partial charge on any atom is -0.349 e. The van der Waals surface area contributed by atoms with Gasteiger partial charge in [-0.1, -0.05) is 19.1 Å². The molecule has 0 aliphatic rings. The number of benzene rings is 1. The van der Waals surface area contributed by atoms with Crippen molar-refractivity contribution in [3.63, 3.8) is 0 Å². The van der Waals surface area contributed by atoms with E-state index in [4.69, 9.17) is 0 Å². The van der Waals surface area contributed by atoms with Crippen LogP contribution in [0.25, 0.3) is 0 Å². The minimum atomic E-state index is -0.327. The molecule has 0 bridgehead atoms. The lowest BCUT2D eigenvalue weighted by Gasteiger charge is -2.03. The minimum absolute atomic E-state index is 0.135. The molecule has 1 heterocycles. The van der Waals surface area contributed by atoms with Crippen molar-refractivity contribution >= 4 is 5.91 Å². The maximum Gasteiger partial charge on any atom is 0.290 e. The first-order chi connectivity index (χ1) is 9.19. The number of aromatic amines is 1. The van der Waals surface area contributed by atoms with Crippen LogP contribution in [0.3, 0.4) is 0 Å². The highest BCUT2D eigenvalue weighted by molar-refractivity contribution is 5.90. The zero-order chi connectivity index (χ0) is 13.7. The van der Waals surface area contributed by atoms with Crippen molar-refractivity contribution in [3.05, 3.63) is 47.3 Å². The number of carbonyl (C=O) groups excluding carboxylic acids is 1. The van der Waals surface area contributed by atoms with E-state index in [1.165, 1.54) is 12.1 Å². The second-order valence-electron chi connectivity index (χ2n) is 4.10. The van der Waals surface area contributed by atoms with Crippen LogP contribution in [0, 0.1) is 5.82 Å². The summed E-state index contributed by atoms with van der Waals surface area (Å²) in [6.45, 7) is 2.34. The Balaban J connectivity index is 1.84. The number of hydrogen-bond donors (Lipinski definition) is 2. The maximum absolute atomic E-state index is 12.9. The number of hydrogen-bond acceptors (Lipinski definition) is 3. The Bertz CT molecular complexity index is 567. The number of nitrogens with zero attached hydrogens (tertiary/aromatic N) is 2. The van der Waals surface area contributed by atoms with Gasteiger partial charge in [-0.25, -0.2) is 9.37 Å². The summed E-state index contributed by atoms with van der Waals surface area (Å²) in [5, 5.41) is 9.20. The van der Waals surface area contributed by atoms with Crippen LogP contribution in [0.1, 0.15) is 28.9 Å². The van der Waals surface area contributed by atoms with Crippen LogP contribution in [0.5, 0.6) is 0 Å². The lowest BCUT2D eigenvalue weighted by molar-refractivity contribution is 0.0944. The summed E-state index contributed by atoms with van der Waals surface area (Å²) in [6, 6.07) is 6.31. The van der Waals surface area contributed by atoms with Gasteiger partial charge in [0.15, 0.2) is 0 Å². The van der Waals surface area contributed by atoms with Crippen LogP contribution < -0.4 is 5.32 Å². The monoisotopic (exact) mass is 262 g/mol. The molecule has 0 aliphatic heterocycles. The highest BCUT2D eigenvalue weighted by Crippen LogP contribution is 2.03. The smallest absolute Gasteiger partial charge is 0.290 e. The second kappa shape index (κ2) is 6.08. The Hall–Kier alpha value is -2.24. The molecule has 0 aliphatic carbocycles. The van der Waals surface area contributed by atoms with E-state index in [1.54, 1.807) is 6.07 Å². The molecule has 1 aromatic heterocycles. The molecule has 6 heteroatoms. The van der Waals surface area contributed by atoms with Gasteiger partial charge in [-0.05, 0) is 24.1 Å². The Kier molecular flexibility index (Phi) is 4.22. The molecular weight excluding hydrogens is 247 g/mol. The number of carbonyl (C=O) groups is 1. The molecule has 1 aromatic carbocycles. The molecule has 0 fully saturated rings. The standard InChI is InChI=1S/C13H15FN4O/c1-2-11-16-12(18-17-11)13(19)15-7-6-9-4-3-5-10(14)8-9/h3-5,8H,2,6-7H2,1H3,(H,15,19)(H,16,17,18). The van der Waals surface area contributed by atoms with Crippen LogP contribution in [0.4, 0.5) is 4.39 Å². The van der Waals surface area contributed by atoms with E-state index in [0.29, 0.717) is 25.2 Å². The summed E-state index contributed by atoms with van der Waals surface area (Å²) < 4.78 is 12.9. The first kappa shape index (κ1) is 13.2. The lowest BCUT2D eigenvalue weighted by atomic mass is 10.1. The van der Waals surface area contributed by atoms with E-state index < -0.39 is 0 Å². The fourth-order valence-corrected chi connectivity index (χ4v) is 1.65. The molecular formula is C13H15FN4O. The molecule has 2 rings (SSSR count). The van der Waals surface area contributed by atoms with Crippen LogP contribution in [0.2, 0.25) is 0 Å². The molecule has 5 nitrogen and oxygen atoms in total. The summed E-state index contributed by atoms with van der Waals surface area (Å²) in [7, 11) is 0. The zero-order valence-electron chi connectivity index (χ0n) is 10.6. The highest BCUT2D eigenvalue weighted by Gasteiger charge is 2.10. The van der Waals surface area contributed by atoms with E-state index in [1.807, 2.05) is 13.0 Å². The van der Waals surface area contributed by atoms with Crippen molar-refractivity contribution in [2.45, 2.75) is 19.8 Å². The number of aryl methyl sites for hydroxylation is 1.